The second-order valence-electron chi connectivity index (χ2n) is 7.74. The highest BCUT2D eigenvalue weighted by Gasteiger charge is 2.29. The van der Waals surface area contributed by atoms with Crippen LogP contribution in [0.2, 0.25) is 0 Å². The van der Waals surface area contributed by atoms with Crippen LogP contribution in [0.3, 0.4) is 0 Å². The van der Waals surface area contributed by atoms with Gasteiger partial charge in [-0.3, -0.25) is 4.79 Å². The van der Waals surface area contributed by atoms with Gasteiger partial charge in [-0.1, -0.05) is 11.2 Å². The van der Waals surface area contributed by atoms with Gasteiger partial charge in [-0.2, -0.15) is 0 Å². The van der Waals surface area contributed by atoms with Gasteiger partial charge in [0.05, 0.1) is 45.1 Å². The molecule has 9 nitrogen and oxygen atoms in total. The smallest absolute Gasteiger partial charge is 0.340 e. The molecule has 1 N–H and O–H groups in total. The zero-order valence-electron chi connectivity index (χ0n) is 19.3. The van der Waals surface area contributed by atoms with E-state index in [0.29, 0.717) is 33.6 Å². The van der Waals surface area contributed by atoms with Gasteiger partial charge in [-0.15, -0.1) is 11.3 Å². The fraction of sp³-hybridized carbons (Fsp3) is 0.292. The number of carbonyl (C=O) groups excluding carboxylic acids is 3. The van der Waals surface area contributed by atoms with Crippen molar-refractivity contribution in [3.05, 3.63) is 57.4 Å². The first-order valence-corrected chi connectivity index (χ1v) is 11.5. The number of H-pyrrole nitrogens is 1. The van der Waals surface area contributed by atoms with Gasteiger partial charge >= 0.3 is 11.9 Å². The normalized spacial score (nSPS) is 12.0. The molecule has 10 heteroatoms. The van der Waals surface area contributed by atoms with Crippen LogP contribution in [0.15, 0.2) is 28.1 Å². The summed E-state index contributed by atoms with van der Waals surface area (Å²) in [5.74, 6) is -1.68. The van der Waals surface area contributed by atoms with Crippen LogP contribution < -0.4 is 0 Å². The Bertz CT molecular complexity index is 1400. The maximum Gasteiger partial charge on any atom is 0.340 e. The van der Waals surface area contributed by atoms with Gasteiger partial charge in [0.2, 0.25) is 5.78 Å². The predicted molar refractivity (Wildman–Crippen MR) is 125 cm³/mol. The molecule has 0 aliphatic carbocycles. The maximum atomic E-state index is 13.2. The second-order valence-corrected chi connectivity index (χ2v) is 8.69. The summed E-state index contributed by atoms with van der Waals surface area (Å²) < 4.78 is 15.9. The number of rotatable bonds is 7. The Morgan fingerprint density at radius 2 is 1.97 bits per heavy atom. The Labute approximate surface area is 199 Å². The van der Waals surface area contributed by atoms with Crippen LogP contribution in [0, 0.1) is 20.8 Å². The molecule has 4 rings (SSSR count). The topological polar surface area (TPSA) is 124 Å². The quantitative estimate of drug-likeness (QED) is 0.295. The molecule has 34 heavy (non-hydrogen) atoms. The molecular weight excluding hydrogens is 458 g/mol. The molecular formula is C24H23N3O6S. The Balaban J connectivity index is 1.64. The summed E-state index contributed by atoms with van der Waals surface area (Å²) >= 11 is 1.47. The van der Waals surface area contributed by atoms with Crippen LogP contribution in [-0.2, 0) is 9.47 Å². The second kappa shape index (κ2) is 9.22. The number of ketones is 1. The number of aromatic nitrogens is 3. The summed E-state index contributed by atoms with van der Waals surface area (Å²) in [7, 11) is 0. The lowest BCUT2D eigenvalue weighted by Crippen LogP contribution is -2.25. The number of fused-ring (bicyclic) bond motifs is 1. The summed E-state index contributed by atoms with van der Waals surface area (Å²) in [6.07, 6.45) is -1.12. The van der Waals surface area contributed by atoms with Gasteiger partial charge in [0.25, 0.3) is 5.71 Å². The lowest BCUT2D eigenvalue weighted by atomic mass is 10.1. The number of carbonyl (C=O) groups is 3. The fourth-order valence-electron chi connectivity index (χ4n) is 3.79. The molecule has 1 atom stereocenters. The van der Waals surface area contributed by atoms with E-state index in [1.807, 2.05) is 17.5 Å². The molecule has 0 saturated carbocycles. The lowest BCUT2D eigenvalue weighted by molar-refractivity contribution is 0.0318. The Morgan fingerprint density at radius 3 is 2.65 bits per heavy atom. The average molecular weight is 482 g/mol. The van der Waals surface area contributed by atoms with Gasteiger partial charge in [0.1, 0.15) is 0 Å². The highest BCUT2D eigenvalue weighted by molar-refractivity contribution is 7.13. The molecule has 0 spiro atoms. The monoisotopic (exact) mass is 481 g/mol. The lowest BCUT2D eigenvalue weighted by Gasteiger charge is -2.13. The number of pyridine rings is 1. The third kappa shape index (κ3) is 4.12. The molecule has 0 fully saturated rings. The minimum absolute atomic E-state index is 0.196. The first-order valence-electron chi connectivity index (χ1n) is 10.6. The minimum atomic E-state index is -1.12. The molecule has 0 aliphatic heterocycles. The number of esters is 2. The van der Waals surface area contributed by atoms with E-state index in [1.54, 1.807) is 33.8 Å². The van der Waals surface area contributed by atoms with Crippen molar-refractivity contribution in [3.63, 3.8) is 0 Å². The maximum absolute atomic E-state index is 13.2. The van der Waals surface area contributed by atoms with Crippen LogP contribution in [0.1, 0.15) is 62.0 Å². The van der Waals surface area contributed by atoms with Crippen LogP contribution in [0.4, 0.5) is 0 Å². The van der Waals surface area contributed by atoms with E-state index < -0.39 is 23.8 Å². The number of ether oxygens (including phenoxy) is 2. The largest absolute Gasteiger partial charge is 0.462 e. The number of nitrogens with one attached hydrogen (secondary N) is 1. The first-order chi connectivity index (χ1) is 16.2. The van der Waals surface area contributed by atoms with Gasteiger partial charge in [0.15, 0.2) is 6.10 Å². The molecule has 0 aromatic carbocycles. The van der Waals surface area contributed by atoms with Crippen molar-refractivity contribution in [2.24, 2.45) is 0 Å². The number of thiophene rings is 1. The van der Waals surface area contributed by atoms with E-state index in [4.69, 9.17) is 14.0 Å². The van der Waals surface area contributed by atoms with Crippen LogP contribution >= 0.6 is 11.3 Å². The molecule has 0 saturated heterocycles. The molecule has 0 unspecified atom stereocenters. The van der Waals surface area contributed by atoms with Crippen molar-refractivity contribution < 1.29 is 28.4 Å². The van der Waals surface area contributed by atoms with E-state index in [9.17, 15) is 14.4 Å². The van der Waals surface area contributed by atoms with Gasteiger partial charge < -0.3 is 19.0 Å². The van der Waals surface area contributed by atoms with Crippen molar-refractivity contribution in [2.45, 2.75) is 40.7 Å². The van der Waals surface area contributed by atoms with Crippen LogP contribution in [0.25, 0.3) is 21.7 Å². The first kappa shape index (κ1) is 23.4. The number of hydrogen-bond donors (Lipinski definition) is 1. The minimum Gasteiger partial charge on any atom is -0.462 e. The molecule has 0 radical (unpaired) electrons. The highest BCUT2D eigenvalue weighted by atomic mass is 32.1. The summed E-state index contributed by atoms with van der Waals surface area (Å²) in [5, 5.41) is 6.25. The predicted octanol–water partition coefficient (Wildman–Crippen LogP) is 4.81. The van der Waals surface area contributed by atoms with Gasteiger partial charge in [-0.05, 0) is 57.7 Å². The summed E-state index contributed by atoms with van der Waals surface area (Å²) in [6.45, 7) is 8.44. The number of aryl methyl sites for hydroxylation is 2. The molecule has 4 aromatic rings. The SMILES string of the molecule is CCOC(=O)c1c(C)[nH]c(C(=O)[C@@H](C)OC(=O)c2cc(-c3cccs3)nc3onc(C)c23)c1C. The molecule has 4 aromatic heterocycles. The standard InChI is InChI=1S/C24H23N3O6S/c1-6-31-24(30)18-11(2)20(25-12(18)3)21(28)14(5)32-23(29)15-10-16(17-8-7-9-34-17)26-22-19(15)13(4)27-33-22/h7-10,14,25H,6H2,1-5H3/t14-/m1/s1. The fourth-order valence-corrected chi connectivity index (χ4v) is 4.48. The van der Waals surface area contributed by atoms with Gasteiger partial charge in [-0.25, -0.2) is 14.6 Å². The summed E-state index contributed by atoms with van der Waals surface area (Å²) in [5.41, 5.74) is 2.91. The molecule has 0 bridgehead atoms. The zero-order chi connectivity index (χ0) is 24.6. The Kier molecular flexibility index (Phi) is 6.34. The summed E-state index contributed by atoms with van der Waals surface area (Å²) in [6, 6.07) is 5.36. The number of nitrogens with zero attached hydrogens (tertiary/aromatic N) is 2. The van der Waals surface area contributed by atoms with E-state index in [-0.39, 0.29) is 23.6 Å². The Hall–Kier alpha value is -3.79. The van der Waals surface area contributed by atoms with E-state index in [0.717, 1.165) is 4.88 Å². The third-order valence-electron chi connectivity index (χ3n) is 5.43. The zero-order valence-corrected chi connectivity index (χ0v) is 20.2. The highest BCUT2D eigenvalue weighted by Crippen LogP contribution is 2.30. The van der Waals surface area contributed by atoms with Crippen molar-refractivity contribution in [3.8, 4) is 10.6 Å². The van der Waals surface area contributed by atoms with Crippen molar-refractivity contribution in [2.75, 3.05) is 6.61 Å². The summed E-state index contributed by atoms with van der Waals surface area (Å²) in [4.78, 5) is 46.8. The molecule has 176 valence electrons. The third-order valence-corrected chi connectivity index (χ3v) is 6.32. The van der Waals surface area contributed by atoms with Crippen LogP contribution in [-0.4, -0.2) is 45.6 Å². The number of hydrogen-bond acceptors (Lipinski definition) is 9. The van der Waals surface area contributed by atoms with E-state index in [1.165, 1.54) is 18.3 Å². The van der Waals surface area contributed by atoms with E-state index >= 15 is 0 Å². The van der Waals surface area contributed by atoms with Gasteiger partial charge in [0, 0.05) is 5.69 Å². The average Bonchev–Trinajstić information content (AvgIpc) is 3.53. The number of Topliss-reactive ketones (excluding diaryl/α,β-unsaturated/α-hetero) is 1. The van der Waals surface area contributed by atoms with E-state index in [2.05, 4.69) is 15.1 Å². The van der Waals surface area contributed by atoms with Crippen molar-refractivity contribution in [1.82, 2.24) is 15.1 Å². The molecule has 0 amide bonds. The number of aromatic amines is 1. The molecule has 0 aliphatic rings. The van der Waals surface area contributed by atoms with Crippen molar-refractivity contribution in [1.29, 1.82) is 0 Å². The van der Waals surface area contributed by atoms with Crippen molar-refractivity contribution >= 4 is 40.2 Å². The molecule has 4 heterocycles. The Morgan fingerprint density at radius 1 is 1.21 bits per heavy atom. The van der Waals surface area contributed by atoms with Crippen LogP contribution in [0.5, 0.6) is 0 Å².